The standard InChI is InChI=1S/C28H31N3O5/c1-4-35-22-10-6-20(7-11-22)25-24(26(32)21-8-12-23(13-9-21)36-19(2)3)27(33)28(34)31(25)16-5-15-30-17-14-29-18-30/h6-14,17-19,25,32H,4-5,15-16H2,1-3H3/b26-24+/t25-/m0/s1. The van der Waals surface area contributed by atoms with Gasteiger partial charge >= 0.3 is 0 Å². The molecule has 3 aromatic rings. The molecule has 1 atom stereocenters. The first-order valence-corrected chi connectivity index (χ1v) is 12.1. The molecule has 1 N–H and O–H groups in total. The molecule has 0 unspecified atom stereocenters. The van der Waals surface area contributed by atoms with E-state index in [1.807, 2.05) is 55.8 Å². The second-order valence-electron chi connectivity index (χ2n) is 8.84. The first kappa shape index (κ1) is 25.0. The van der Waals surface area contributed by atoms with E-state index in [1.54, 1.807) is 36.8 Å². The summed E-state index contributed by atoms with van der Waals surface area (Å²) >= 11 is 0. The number of nitrogens with zero attached hydrogens (tertiary/aromatic N) is 3. The molecule has 2 aromatic carbocycles. The molecule has 0 bridgehead atoms. The maximum atomic E-state index is 13.2. The van der Waals surface area contributed by atoms with Crippen LogP contribution in [-0.4, -0.2) is 50.5 Å². The molecule has 1 aromatic heterocycles. The Morgan fingerprint density at radius 3 is 2.33 bits per heavy atom. The molecule has 8 nitrogen and oxygen atoms in total. The lowest BCUT2D eigenvalue weighted by Crippen LogP contribution is -2.31. The maximum Gasteiger partial charge on any atom is 0.295 e. The van der Waals surface area contributed by atoms with E-state index in [2.05, 4.69) is 4.98 Å². The highest BCUT2D eigenvalue weighted by Crippen LogP contribution is 2.40. The molecule has 36 heavy (non-hydrogen) atoms. The lowest BCUT2D eigenvalue weighted by molar-refractivity contribution is -0.139. The zero-order valence-electron chi connectivity index (χ0n) is 20.8. The quantitative estimate of drug-likeness (QED) is 0.255. The smallest absolute Gasteiger partial charge is 0.295 e. The van der Waals surface area contributed by atoms with Gasteiger partial charge in [-0.15, -0.1) is 0 Å². The summed E-state index contributed by atoms with van der Waals surface area (Å²) in [5, 5.41) is 11.2. The minimum atomic E-state index is -0.713. The number of hydrogen-bond acceptors (Lipinski definition) is 6. The number of amides is 1. The predicted molar refractivity (Wildman–Crippen MR) is 136 cm³/mol. The van der Waals surface area contributed by atoms with Crippen LogP contribution in [0.15, 0.2) is 72.8 Å². The number of aromatic nitrogens is 2. The zero-order valence-corrected chi connectivity index (χ0v) is 20.8. The fraction of sp³-hybridized carbons (Fsp3) is 0.321. The number of carbonyl (C=O) groups is 2. The van der Waals surface area contributed by atoms with E-state index in [1.165, 1.54) is 4.90 Å². The number of hydrogen-bond donors (Lipinski definition) is 1. The Bertz CT molecular complexity index is 1220. The molecule has 8 heteroatoms. The van der Waals surface area contributed by atoms with Crippen LogP contribution in [0, 0.1) is 0 Å². The molecule has 1 saturated heterocycles. The Balaban J connectivity index is 1.69. The molecule has 1 amide bonds. The highest BCUT2D eigenvalue weighted by Gasteiger charge is 2.45. The highest BCUT2D eigenvalue weighted by molar-refractivity contribution is 6.46. The summed E-state index contributed by atoms with van der Waals surface area (Å²) in [7, 11) is 0. The van der Waals surface area contributed by atoms with E-state index in [0.29, 0.717) is 43.2 Å². The predicted octanol–water partition coefficient (Wildman–Crippen LogP) is 4.58. The van der Waals surface area contributed by atoms with Gasteiger partial charge in [0.1, 0.15) is 17.3 Å². The van der Waals surface area contributed by atoms with Crippen LogP contribution in [0.3, 0.4) is 0 Å². The van der Waals surface area contributed by atoms with Crippen molar-refractivity contribution in [3.05, 3.63) is 84.0 Å². The third-order valence-corrected chi connectivity index (χ3v) is 5.92. The Labute approximate surface area is 210 Å². The molecule has 1 fully saturated rings. The van der Waals surface area contributed by atoms with Crippen LogP contribution in [0.1, 0.15) is 44.4 Å². The average molecular weight is 490 g/mol. The molecule has 0 aliphatic carbocycles. The molecule has 188 valence electrons. The number of aliphatic hydroxyl groups is 1. The van der Waals surface area contributed by atoms with Crippen LogP contribution in [0.2, 0.25) is 0 Å². The van der Waals surface area contributed by atoms with Crippen LogP contribution in [0.4, 0.5) is 0 Å². The topological polar surface area (TPSA) is 93.9 Å². The Kier molecular flexibility index (Phi) is 7.73. The summed E-state index contributed by atoms with van der Waals surface area (Å²) in [6, 6.07) is 13.4. The van der Waals surface area contributed by atoms with Crippen molar-refractivity contribution in [3.8, 4) is 11.5 Å². The minimum Gasteiger partial charge on any atom is -0.507 e. The number of ether oxygens (including phenoxy) is 2. The van der Waals surface area contributed by atoms with E-state index in [0.717, 1.165) is 5.56 Å². The van der Waals surface area contributed by atoms with E-state index >= 15 is 0 Å². The number of carbonyl (C=O) groups excluding carboxylic acids is 2. The van der Waals surface area contributed by atoms with E-state index in [-0.39, 0.29) is 17.4 Å². The summed E-state index contributed by atoms with van der Waals surface area (Å²) in [5.74, 6) is -0.179. The zero-order chi connectivity index (χ0) is 25.7. The van der Waals surface area contributed by atoms with E-state index < -0.39 is 17.7 Å². The van der Waals surface area contributed by atoms with Gasteiger partial charge in [0.05, 0.1) is 30.7 Å². The third-order valence-electron chi connectivity index (χ3n) is 5.92. The molecule has 0 spiro atoms. The number of likely N-dealkylation sites (tertiary alicyclic amines) is 1. The van der Waals surface area contributed by atoms with E-state index in [4.69, 9.17) is 9.47 Å². The Morgan fingerprint density at radius 1 is 1.03 bits per heavy atom. The number of ketones is 1. The lowest BCUT2D eigenvalue weighted by Gasteiger charge is -2.25. The highest BCUT2D eigenvalue weighted by atomic mass is 16.5. The fourth-order valence-corrected chi connectivity index (χ4v) is 4.33. The number of rotatable bonds is 10. The number of Topliss-reactive ketones (excluding diaryl/α,β-unsaturated/α-hetero) is 1. The lowest BCUT2D eigenvalue weighted by atomic mass is 9.95. The van der Waals surface area contributed by atoms with Crippen molar-refractivity contribution in [1.82, 2.24) is 14.5 Å². The van der Waals surface area contributed by atoms with Crippen molar-refractivity contribution in [2.75, 3.05) is 13.2 Å². The fourth-order valence-electron chi connectivity index (χ4n) is 4.33. The van der Waals surface area contributed by atoms with Crippen LogP contribution in [-0.2, 0) is 16.1 Å². The largest absolute Gasteiger partial charge is 0.507 e. The summed E-state index contributed by atoms with van der Waals surface area (Å²) < 4.78 is 13.2. The van der Waals surface area contributed by atoms with Crippen LogP contribution in [0.5, 0.6) is 11.5 Å². The van der Waals surface area contributed by atoms with Crippen molar-refractivity contribution in [2.24, 2.45) is 0 Å². The van der Waals surface area contributed by atoms with Crippen molar-refractivity contribution in [3.63, 3.8) is 0 Å². The number of imidazole rings is 1. The van der Waals surface area contributed by atoms with Crippen molar-refractivity contribution in [2.45, 2.75) is 45.9 Å². The van der Waals surface area contributed by atoms with Gasteiger partial charge in [-0.25, -0.2) is 4.98 Å². The van der Waals surface area contributed by atoms with Gasteiger partial charge in [-0.3, -0.25) is 9.59 Å². The molecule has 4 rings (SSSR count). The Morgan fingerprint density at radius 2 is 1.72 bits per heavy atom. The molecule has 0 saturated carbocycles. The second-order valence-corrected chi connectivity index (χ2v) is 8.84. The van der Waals surface area contributed by atoms with Gasteiger partial charge in [-0.05, 0) is 69.2 Å². The number of aliphatic hydroxyl groups excluding tert-OH is 1. The van der Waals surface area contributed by atoms with Gasteiger partial charge in [0, 0.05) is 31.0 Å². The first-order chi connectivity index (χ1) is 17.4. The SMILES string of the molecule is CCOc1ccc([C@H]2/C(=C(\O)c3ccc(OC(C)C)cc3)C(=O)C(=O)N2CCCn2ccnc2)cc1. The minimum absolute atomic E-state index is 0.0109. The van der Waals surface area contributed by atoms with Gasteiger partial charge in [-0.2, -0.15) is 0 Å². The van der Waals surface area contributed by atoms with Gasteiger partial charge in [-0.1, -0.05) is 12.1 Å². The molecule has 1 aliphatic rings. The second kappa shape index (κ2) is 11.1. The summed E-state index contributed by atoms with van der Waals surface area (Å²) in [6.07, 6.45) is 5.90. The van der Waals surface area contributed by atoms with Gasteiger partial charge in [0.15, 0.2) is 0 Å². The summed E-state index contributed by atoms with van der Waals surface area (Å²) in [4.78, 5) is 31.9. The molecule has 1 aliphatic heterocycles. The molecular formula is C28H31N3O5. The molecule has 0 radical (unpaired) electrons. The van der Waals surface area contributed by atoms with Crippen LogP contribution < -0.4 is 9.47 Å². The first-order valence-electron chi connectivity index (χ1n) is 12.1. The van der Waals surface area contributed by atoms with Gasteiger partial charge in [0.25, 0.3) is 11.7 Å². The number of benzene rings is 2. The summed E-state index contributed by atoms with van der Waals surface area (Å²) in [5.41, 5.74) is 1.24. The Hall–Kier alpha value is -4.07. The van der Waals surface area contributed by atoms with Crippen LogP contribution >= 0.6 is 0 Å². The normalized spacial score (nSPS) is 17.1. The van der Waals surface area contributed by atoms with Crippen molar-refractivity contribution < 1.29 is 24.2 Å². The van der Waals surface area contributed by atoms with Gasteiger partial charge in [0.2, 0.25) is 0 Å². The van der Waals surface area contributed by atoms with Crippen molar-refractivity contribution in [1.29, 1.82) is 0 Å². The third kappa shape index (κ3) is 5.43. The number of aryl methyl sites for hydroxylation is 1. The molecular weight excluding hydrogens is 458 g/mol. The average Bonchev–Trinajstić information content (AvgIpc) is 3.47. The maximum absolute atomic E-state index is 13.2. The van der Waals surface area contributed by atoms with Gasteiger partial charge < -0.3 is 24.0 Å². The van der Waals surface area contributed by atoms with Crippen molar-refractivity contribution >= 4 is 17.4 Å². The monoisotopic (exact) mass is 489 g/mol. The summed E-state index contributed by atoms with van der Waals surface area (Å²) in [6.45, 7) is 7.29. The van der Waals surface area contributed by atoms with E-state index in [9.17, 15) is 14.7 Å². The molecule has 2 heterocycles. The van der Waals surface area contributed by atoms with Crippen LogP contribution in [0.25, 0.3) is 5.76 Å².